The Balaban J connectivity index is 0.000000436. The first-order chi connectivity index (χ1) is 18.3. The molecule has 1 fully saturated rings. The highest BCUT2D eigenvalue weighted by molar-refractivity contribution is 7.99. The highest BCUT2D eigenvalue weighted by Crippen LogP contribution is 2.39. The number of rotatable bonds is 11. The lowest BCUT2D eigenvalue weighted by molar-refractivity contribution is -0.137. The highest BCUT2D eigenvalue weighted by atomic mass is 32.2. The van der Waals surface area contributed by atoms with Crippen molar-refractivity contribution in [2.45, 2.75) is 88.9 Å². The minimum absolute atomic E-state index is 0.327. The van der Waals surface area contributed by atoms with Crippen molar-refractivity contribution in [1.29, 1.82) is 0 Å². The molecule has 0 radical (unpaired) electrons. The molecule has 2 N–H and O–H groups in total. The number of ether oxygens (including phenoxy) is 1. The molecular weight excluding hydrogens is 492 g/mol. The van der Waals surface area contributed by atoms with Crippen LogP contribution in [-0.4, -0.2) is 47.2 Å². The molecule has 1 saturated heterocycles. The van der Waals surface area contributed by atoms with E-state index in [0.717, 1.165) is 30.9 Å². The number of carboxylic acids is 1. The van der Waals surface area contributed by atoms with Gasteiger partial charge in [-0.15, -0.1) is 0 Å². The first-order valence-electron chi connectivity index (χ1n) is 14.3. The van der Waals surface area contributed by atoms with Gasteiger partial charge < -0.3 is 19.7 Å². The van der Waals surface area contributed by atoms with Gasteiger partial charge in [0.1, 0.15) is 5.75 Å². The lowest BCUT2D eigenvalue weighted by Crippen LogP contribution is -2.35. The molecule has 0 aliphatic carbocycles. The molecule has 1 aliphatic rings. The topological polar surface area (TPSA) is 65.6 Å². The molecule has 0 amide bonds. The molecule has 6 heteroatoms. The first-order valence-corrected chi connectivity index (χ1v) is 15.1. The standard InChI is InChI=1S/C26H34N2OS.C6H12O2/c1-5-29-21-7-6-8-22(15-21)30-23-9-10-25-24(16-23)26(19(4)27-25)20-11-13-28(14-12-20)17-18(2)3;1-2-3-4-5-6(7)8/h6-10,15-16,18,20,27H,5,11-14,17H2,1-4H3;2-5H2,1H3,(H,7,8). The molecule has 3 aromatic rings. The number of piperidine rings is 1. The summed E-state index contributed by atoms with van der Waals surface area (Å²) in [5, 5.41) is 9.54. The predicted octanol–water partition coefficient (Wildman–Crippen LogP) is 8.51. The smallest absolute Gasteiger partial charge is 0.303 e. The number of likely N-dealkylation sites (tertiary alicyclic amines) is 1. The number of aliphatic carboxylic acids is 1. The van der Waals surface area contributed by atoms with Gasteiger partial charge in [-0.2, -0.15) is 0 Å². The minimum Gasteiger partial charge on any atom is -0.494 e. The third-order valence-electron chi connectivity index (χ3n) is 6.97. The van der Waals surface area contributed by atoms with Crippen molar-refractivity contribution < 1.29 is 14.6 Å². The van der Waals surface area contributed by atoms with E-state index in [9.17, 15) is 4.79 Å². The quantitative estimate of drug-likeness (QED) is 0.240. The number of hydrogen-bond donors (Lipinski definition) is 2. The lowest BCUT2D eigenvalue weighted by Gasteiger charge is -2.33. The van der Waals surface area contributed by atoms with Crippen LogP contribution in [0.1, 0.15) is 83.4 Å². The maximum absolute atomic E-state index is 9.87. The second-order valence-corrected chi connectivity index (χ2v) is 11.8. The number of hydrogen-bond acceptors (Lipinski definition) is 4. The number of H-pyrrole nitrogens is 1. The van der Waals surface area contributed by atoms with Gasteiger partial charge in [-0.1, -0.05) is 51.4 Å². The van der Waals surface area contributed by atoms with Gasteiger partial charge >= 0.3 is 5.97 Å². The molecule has 4 rings (SSSR count). The van der Waals surface area contributed by atoms with Crippen molar-refractivity contribution in [3.05, 3.63) is 53.7 Å². The average molecular weight is 539 g/mol. The average Bonchev–Trinajstić information content (AvgIpc) is 3.20. The van der Waals surface area contributed by atoms with Gasteiger partial charge in [0.2, 0.25) is 0 Å². The summed E-state index contributed by atoms with van der Waals surface area (Å²) in [6.07, 6.45) is 5.79. The van der Waals surface area contributed by atoms with E-state index in [2.05, 4.69) is 74.0 Å². The summed E-state index contributed by atoms with van der Waals surface area (Å²) in [5.74, 6) is 1.66. The van der Waals surface area contributed by atoms with Crippen LogP contribution in [0, 0.1) is 12.8 Å². The Morgan fingerprint density at radius 1 is 1.11 bits per heavy atom. The highest BCUT2D eigenvalue weighted by Gasteiger charge is 2.25. The summed E-state index contributed by atoms with van der Waals surface area (Å²) in [6, 6.07) is 15.2. The normalized spacial score (nSPS) is 14.5. The Bertz CT molecular complexity index is 1150. The van der Waals surface area contributed by atoms with Crippen LogP contribution in [0.2, 0.25) is 0 Å². The second-order valence-electron chi connectivity index (χ2n) is 10.7. The molecule has 5 nitrogen and oxygen atoms in total. The Hall–Kier alpha value is -2.44. The minimum atomic E-state index is -0.682. The fourth-order valence-electron chi connectivity index (χ4n) is 5.29. The SMILES string of the molecule is CCCCCC(=O)O.CCOc1cccc(Sc2ccc3[nH]c(C)c(C4CCN(CC(C)C)CC4)c3c2)c1. The molecule has 1 aromatic heterocycles. The Labute approximate surface area is 233 Å². The van der Waals surface area contributed by atoms with Gasteiger partial charge in [0.05, 0.1) is 6.61 Å². The maximum Gasteiger partial charge on any atom is 0.303 e. The molecule has 2 heterocycles. The number of nitrogens with zero attached hydrogens (tertiary/aromatic N) is 1. The summed E-state index contributed by atoms with van der Waals surface area (Å²) in [4.78, 5) is 18.7. The monoisotopic (exact) mass is 538 g/mol. The fourth-order valence-corrected chi connectivity index (χ4v) is 6.20. The van der Waals surface area contributed by atoms with Crippen LogP contribution in [0.5, 0.6) is 5.75 Å². The third-order valence-corrected chi connectivity index (χ3v) is 7.95. The summed E-state index contributed by atoms with van der Waals surface area (Å²) in [6.45, 7) is 15.3. The second kappa shape index (κ2) is 15.2. The van der Waals surface area contributed by atoms with Gasteiger partial charge in [-0.3, -0.25) is 4.79 Å². The molecule has 0 saturated carbocycles. The van der Waals surface area contributed by atoms with Gasteiger partial charge in [0, 0.05) is 39.4 Å². The van der Waals surface area contributed by atoms with E-state index in [-0.39, 0.29) is 0 Å². The Morgan fingerprint density at radius 3 is 2.50 bits per heavy atom. The van der Waals surface area contributed by atoms with Crippen molar-refractivity contribution in [2.75, 3.05) is 26.2 Å². The number of fused-ring (bicyclic) bond motifs is 1. The summed E-state index contributed by atoms with van der Waals surface area (Å²) in [7, 11) is 0. The molecule has 208 valence electrons. The van der Waals surface area contributed by atoms with Crippen LogP contribution in [0.15, 0.2) is 52.3 Å². The number of benzene rings is 2. The molecule has 0 bridgehead atoms. The zero-order valence-electron chi connectivity index (χ0n) is 23.9. The first kappa shape index (κ1) is 30.1. The van der Waals surface area contributed by atoms with Gasteiger partial charge in [0.25, 0.3) is 0 Å². The van der Waals surface area contributed by atoms with Crippen LogP contribution < -0.4 is 4.74 Å². The number of aromatic amines is 1. The van der Waals surface area contributed by atoms with Gasteiger partial charge in [-0.25, -0.2) is 0 Å². The summed E-state index contributed by atoms with van der Waals surface area (Å²) < 4.78 is 5.67. The number of unbranched alkanes of at least 4 members (excludes halogenated alkanes) is 2. The van der Waals surface area contributed by atoms with Crippen LogP contribution in [0.4, 0.5) is 0 Å². The van der Waals surface area contributed by atoms with Crippen LogP contribution in [-0.2, 0) is 4.79 Å². The Morgan fingerprint density at radius 2 is 1.84 bits per heavy atom. The zero-order valence-corrected chi connectivity index (χ0v) is 24.7. The van der Waals surface area contributed by atoms with Gasteiger partial charge in [0.15, 0.2) is 0 Å². The van der Waals surface area contributed by atoms with Gasteiger partial charge in [-0.05, 0) is 100.0 Å². The molecule has 2 aromatic carbocycles. The van der Waals surface area contributed by atoms with E-state index in [1.165, 1.54) is 58.9 Å². The maximum atomic E-state index is 9.87. The predicted molar refractivity (Wildman–Crippen MR) is 160 cm³/mol. The van der Waals surface area contributed by atoms with E-state index in [0.29, 0.717) is 18.9 Å². The molecule has 0 atom stereocenters. The number of nitrogens with one attached hydrogen (secondary N) is 1. The molecule has 0 unspecified atom stereocenters. The molecular formula is C32H46N2O3S. The van der Waals surface area contributed by atoms with E-state index < -0.39 is 5.97 Å². The van der Waals surface area contributed by atoms with E-state index in [1.54, 1.807) is 5.56 Å². The Kier molecular flexibility index (Phi) is 12.1. The van der Waals surface area contributed by atoms with Crippen LogP contribution >= 0.6 is 11.8 Å². The summed E-state index contributed by atoms with van der Waals surface area (Å²) in [5.41, 5.74) is 4.15. The van der Waals surface area contributed by atoms with Crippen molar-refractivity contribution in [1.82, 2.24) is 9.88 Å². The van der Waals surface area contributed by atoms with Crippen molar-refractivity contribution in [2.24, 2.45) is 5.92 Å². The van der Waals surface area contributed by atoms with Crippen molar-refractivity contribution in [3.8, 4) is 5.75 Å². The molecule has 1 aliphatic heterocycles. The van der Waals surface area contributed by atoms with E-state index >= 15 is 0 Å². The lowest BCUT2D eigenvalue weighted by atomic mass is 9.87. The summed E-state index contributed by atoms with van der Waals surface area (Å²) >= 11 is 1.81. The van der Waals surface area contributed by atoms with Crippen LogP contribution in [0.3, 0.4) is 0 Å². The third kappa shape index (κ3) is 9.09. The van der Waals surface area contributed by atoms with E-state index in [4.69, 9.17) is 9.84 Å². The zero-order chi connectivity index (χ0) is 27.5. The number of carbonyl (C=O) groups is 1. The number of aryl methyl sites for hydroxylation is 1. The van der Waals surface area contributed by atoms with Crippen LogP contribution in [0.25, 0.3) is 10.9 Å². The molecule has 0 spiro atoms. The number of aromatic nitrogens is 1. The number of carboxylic acid groups (broad SMARTS) is 1. The fraction of sp³-hybridized carbons (Fsp3) is 0.531. The van der Waals surface area contributed by atoms with Crippen molar-refractivity contribution in [3.63, 3.8) is 0 Å². The van der Waals surface area contributed by atoms with Crippen molar-refractivity contribution >= 4 is 28.6 Å². The largest absolute Gasteiger partial charge is 0.494 e. The molecule has 38 heavy (non-hydrogen) atoms. The van der Waals surface area contributed by atoms with E-state index in [1.807, 2.05) is 24.8 Å².